The van der Waals surface area contributed by atoms with Gasteiger partial charge in [-0.1, -0.05) is 39.7 Å². The molecular weight excluding hydrogens is 368 g/mol. The van der Waals surface area contributed by atoms with E-state index in [1.54, 1.807) is 11.3 Å². The standard InChI is InChI=1S/C16H12BrClN2S/c17-11-3-1-2-10-9(11)4-6-13(10)20-15-12(18)5-7-14-16(15)19-8-21-14/h1-3,5,7-8,13,20H,4,6H2. The first-order chi connectivity index (χ1) is 10.2. The largest absolute Gasteiger partial charge is 0.375 e. The Balaban J connectivity index is 1.76. The van der Waals surface area contributed by atoms with E-state index in [9.17, 15) is 0 Å². The van der Waals surface area contributed by atoms with Crippen LogP contribution in [-0.2, 0) is 6.42 Å². The lowest BCUT2D eigenvalue weighted by Gasteiger charge is -2.17. The molecule has 5 heteroatoms. The van der Waals surface area contributed by atoms with Gasteiger partial charge in [-0.25, -0.2) is 4.98 Å². The van der Waals surface area contributed by atoms with E-state index in [4.69, 9.17) is 11.6 Å². The van der Waals surface area contributed by atoms with Gasteiger partial charge in [0.1, 0.15) is 5.52 Å². The topological polar surface area (TPSA) is 24.9 Å². The average molecular weight is 380 g/mol. The number of fused-ring (bicyclic) bond motifs is 2. The van der Waals surface area contributed by atoms with Crippen LogP contribution in [0, 0.1) is 0 Å². The van der Waals surface area contributed by atoms with Crippen LogP contribution in [0.2, 0.25) is 5.02 Å². The van der Waals surface area contributed by atoms with Gasteiger partial charge in [0.05, 0.1) is 27.0 Å². The minimum atomic E-state index is 0.294. The number of hydrogen-bond donors (Lipinski definition) is 1. The fourth-order valence-electron chi connectivity index (χ4n) is 2.98. The number of anilines is 1. The van der Waals surface area contributed by atoms with Crippen molar-refractivity contribution in [2.45, 2.75) is 18.9 Å². The van der Waals surface area contributed by atoms with E-state index in [2.05, 4.69) is 44.4 Å². The van der Waals surface area contributed by atoms with Gasteiger partial charge in [0, 0.05) is 4.47 Å². The number of nitrogens with zero attached hydrogens (tertiary/aromatic N) is 1. The molecule has 1 aliphatic rings. The molecule has 106 valence electrons. The van der Waals surface area contributed by atoms with Crippen LogP contribution in [0.5, 0.6) is 0 Å². The lowest BCUT2D eigenvalue weighted by molar-refractivity contribution is 0.763. The maximum atomic E-state index is 6.39. The molecular formula is C16H12BrClN2S. The molecule has 0 radical (unpaired) electrons. The summed E-state index contributed by atoms with van der Waals surface area (Å²) in [6.45, 7) is 0. The maximum absolute atomic E-state index is 6.39. The monoisotopic (exact) mass is 378 g/mol. The van der Waals surface area contributed by atoms with Crippen LogP contribution in [0.15, 0.2) is 40.3 Å². The Kier molecular flexibility index (Phi) is 3.40. The number of thiazole rings is 1. The Morgan fingerprint density at radius 2 is 2.19 bits per heavy atom. The molecule has 2 aromatic carbocycles. The predicted octanol–water partition coefficient (Wildman–Crippen LogP) is 5.81. The van der Waals surface area contributed by atoms with Crippen LogP contribution in [0.3, 0.4) is 0 Å². The normalized spacial score (nSPS) is 17.1. The molecule has 1 aliphatic carbocycles. The number of nitrogens with one attached hydrogen (secondary N) is 1. The molecule has 0 spiro atoms. The Bertz CT molecular complexity index is 830. The van der Waals surface area contributed by atoms with Crippen molar-refractivity contribution in [3.63, 3.8) is 0 Å². The summed E-state index contributed by atoms with van der Waals surface area (Å²) in [5, 5.41) is 4.35. The zero-order valence-corrected chi connectivity index (χ0v) is 14.2. The first-order valence-corrected chi connectivity index (χ1v) is 8.84. The van der Waals surface area contributed by atoms with Crippen LogP contribution < -0.4 is 5.32 Å². The van der Waals surface area contributed by atoms with Crippen LogP contribution >= 0.6 is 38.9 Å². The van der Waals surface area contributed by atoms with Crippen molar-refractivity contribution in [1.82, 2.24) is 4.98 Å². The van der Waals surface area contributed by atoms with Crippen molar-refractivity contribution >= 4 is 54.8 Å². The molecule has 0 saturated heterocycles. The summed E-state index contributed by atoms with van der Waals surface area (Å²) in [6.07, 6.45) is 2.16. The molecule has 1 atom stereocenters. The van der Waals surface area contributed by atoms with Crippen LogP contribution in [-0.4, -0.2) is 4.98 Å². The molecule has 0 saturated carbocycles. The summed E-state index contributed by atoms with van der Waals surface area (Å²) in [6, 6.07) is 10.7. The molecule has 1 N–H and O–H groups in total. The SMILES string of the molecule is Clc1ccc2scnc2c1NC1CCc2c(Br)cccc21. The van der Waals surface area contributed by atoms with Crippen molar-refractivity contribution in [3.8, 4) is 0 Å². The Morgan fingerprint density at radius 1 is 1.29 bits per heavy atom. The highest BCUT2D eigenvalue weighted by molar-refractivity contribution is 9.10. The van der Waals surface area contributed by atoms with E-state index < -0.39 is 0 Å². The molecule has 2 nitrogen and oxygen atoms in total. The zero-order valence-electron chi connectivity index (χ0n) is 11.1. The van der Waals surface area contributed by atoms with Crippen LogP contribution in [0.25, 0.3) is 10.2 Å². The minimum absolute atomic E-state index is 0.294. The molecule has 1 heterocycles. The lowest BCUT2D eigenvalue weighted by Crippen LogP contribution is -2.08. The van der Waals surface area contributed by atoms with E-state index in [-0.39, 0.29) is 0 Å². The third-order valence-corrected chi connectivity index (χ3v) is 5.84. The van der Waals surface area contributed by atoms with Gasteiger partial charge in [-0.15, -0.1) is 11.3 Å². The van der Waals surface area contributed by atoms with E-state index in [0.717, 1.165) is 33.8 Å². The second-order valence-electron chi connectivity index (χ2n) is 5.16. The summed E-state index contributed by atoms with van der Waals surface area (Å²) < 4.78 is 2.36. The van der Waals surface area contributed by atoms with Gasteiger partial charge >= 0.3 is 0 Å². The smallest absolute Gasteiger partial charge is 0.106 e. The third-order valence-electron chi connectivity index (χ3n) is 3.98. The molecule has 0 bridgehead atoms. The summed E-state index contributed by atoms with van der Waals surface area (Å²) >= 11 is 11.7. The van der Waals surface area contributed by atoms with Gasteiger partial charge in [0.15, 0.2) is 0 Å². The number of rotatable bonds is 2. The molecule has 3 aromatic rings. The van der Waals surface area contributed by atoms with Crippen molar-refractivity contribution in [1.29, 1.82) is 0 Å². The fourth-order valence-corrected chi connectivity index (χ4v) is 4.45. The Labute approximate surface area is 140 Å². The highest BCUT2D eigenvalue weighted by atomic mass is 79.9. The average Bonchev–Trinajstić information content (AvgIpc) is 3.09. The second kappa shape index (κ2) is 5.27. The first-order valence-electron chi connectivity index (χ1n) is 6.79. The summed E-state index contributed by atoms with van der Waals surface area (Å²) in [7, 11) is 0. The maximum Gasteiger partial charge on any atom is 0.106 e. The van der Waals surface area contributed by atoms with E-state index in [1.807, 2.05) is 17.6 Å². The van der Waals surface area contributed by atoms with Crippen molar-refractivity contribution < 1.29 is 0 Å². The van der Waals surface area contributed by atoms with Gasteiger partial charge in [-0.3, -0.25) is 0 Å². The molecule has 0 fully saturated rings. The second-order valence-corrected chi connectivity index (χ2v) is 7.31. The number of benzene rings is 2. The molecule has 0 amide bonds. The summed E-state index contributed by atoms with van der Waals surface area (Å²) in [5.74, 6) is 0. The highest BCUT2D eigenvalue weighted by Crippen LogP contribution is 2.40. The van der Waals surface area contributed by atoms with E-state index >= 15 is 0 Å². The number of aromatic nitrogens is 1. The zero-order chi connectivity index (χ0) is 14.4. The number of halogens is 2. The van der Waals surface area contributed by atoms with Gasteiger partial charge < -0.3 is 5.32 Å². The first kappa shape index (κ1) is 13.6. The quantitative estimate of drug-likeness (QED) is 0.607. The van der Waals surface area contributed by atoms with Crippen molar-refractivity contribution in [3.05, 3.63) is 56.5 Å². The molecule has 1 aromatic heterocycles. The predicted molar refractivity (Wildman–Crippen MR) is 93.5 cm³/mol. The van der Waals surface area contributed by atoms with Gasteiger partial charge in [-0.2, -0.15) is 0 Å². The summed E-state index contributed by atoms with van der Waals surface area (Å²) in [4.78, 5) is 4.46. The third kappa shape index (κ3) is 2.26. The van der Waals surface area contributed by atoms with Crippen molar-refractivity contribution in [2.24, 2.45) is 0 Å². The molecule has 21 heavy (non-hydrogen) atoms. The minimum Gasteiger partial charge on any atom is -0.375 e. The van der Waals surface area contributed by atoms with E-state index in [0.29, 0.717) is 6.04 Å². The summed E-state index contributed by atoms with van der Waals surface area (Å²) in [5.41, 5.74) is 6.54. The Hall–Kier alpha value is -1.10. The van der Waals surface area contributed by atoms with Crippen molar-refractivity contribution in [2.75, 3.05) is 5.32 Å². The highest BCUT2D eigenvalue weighted by Gasteiger charge is 2.25. The molecule has 0 aliphatic heterocycles. The van der Waals surface area contributed by atoms with Gasteiger partial charge in [0.2, 0.25) is 0 Å². The van der Waals surface area contributed by atoms with Crippen LogP contribution in [0.4, 0.5) is 5.69 Å². The number of hydrogen-bond acceptors (Lipinski definition) is 3. The van der Waals surface area contributed by atoms with E-state index in [1.165, 1.54) is 15.6 Å². The van der Waals surface area contributed by atoms with Crippen LogP contribution in [0.1, 0.15) is 23.6 Å². The lowest BCUT2D eigenvalue weighted by atomic mass is 10.1. The fraction of sp³-hybridized carbons (Fsp3) is 0.188. The Morgan fingerprint density at radius 3 is 3.10 bits per heavy atom. The molecule has 4 rings (SSSR count). The van der Waals surface area contributed by atoms with Gasteiger partial charge in [0.25, 0.3) is 0 Å². The molecule has 1 unspecified atom stereocenters. The van der Waals surface area contributed by atoms with Gasteiger partial charge in [-0.05, 0) is 42.2 Å².